The molecule has 1 fully saturated rings. The molecule has 16 heavy (non-hydrogen) atoms. The molecule has 1 rings (SSSR count). The van der Waals surface area contributed by atoms with Gasteiger partial charge in [0, 0.05) is 25.8 Å². The maximum Gasteiger partial charge on any atom is 0.266 e. The van der Waals surface area contributed by atoms with Gasteiger partial charge in [0.15, 0.2) is 0 Å². The highest BCUT2D eigenvalue weighted by atomic mass is 16.5. The predicted molar refractivity (Wildman–Crippen MR) is 59.4 cm³/mol. The Kier molecular flexibility index (Phi) is 5.37. The molecular weight excluding hydrogens is 206 g/mol. The average molecular weight is 223 g/mol. The van der Waals surface area contributed by atoms with Crippen molar-refractivity contribution < 1.29 is 9.53 Å². The van der Waals surface area contributed by atoms with Gasteiger partial charge in [-0.25, -0.2) is 0 Å². The topological polar surface area (TPSA) is 65.4 Å². The molecular formula is C11H17N3O2. The van der Waals surface area contributed by atoms with Crippen LogP contribution in [-0.2, 0) is 9.53 Å². The van der Waals surface area contributed by atoms with Crippen molar-refractivity contribution in [2.75, 3.05) is 32.8 Å². The number of carbonyl (C=O) groups excluding carboxylic acids is 1. The monoisotopic (exact) mass is 223 g/mol. The van der Waals surface area contributed by atoms with Crippen LogP contribution in [0.3, 0.4) is 0 Å². The van der Waals surface area contributed by atoms with Crippen LogP contribution in [0.2, 0.25) is 0 Å². The Morgan fingerprint density at radius 1 is 1.56 bits per heavy atom. The van der Waals surface area contributed by atoms with E-state index in [9.17, 15) is 4.79 Å². The van der Waals surface area contributed by atoms with Gasteiger partial charge in [0.05, 0.1) is 13.2 Å². The number of nitrogens with one attached hydrogen (secondary N) is 1. The first-order valence-electron chi connectivity index (χ1n) is 5.50. The Balaban J connectivity index is 2.54. The van der Waals surface area contributed by atoms with Gasteiger partial charge in [0.2, 0.25) is 0 Å². The maximum atomic E-state index is 11.9. The molecule has 0 aromatic rings. The highest BCUT2D eigenvalue weighted by Gasteiger charge is 2.20. The van der Waals surface area contributed by atoms with E-state index in [4.69, 9.17) is 10.00 Å². The van der Waals surface area contributed by atoms with Crippen LogP contribution in [0.5, 0.6) is 0 Å². The van der Waals surface area contributed by atoms with Gasteiger partial charge in [0.25, 0.3) is 5.91 Å². The van der Waals surface area contributed by atoms with Crippen LogP contribution in [0.4, 0.5) is 0 Å². The molecule has 1 saturated heterocycles. The summed E-state index contributed by atoms with van der Waals surface area (Å²) in [5.74, 6) is -0.214. The quantitative estimate of drug-likeness (QED) is 0.421. The van der Waals surface area contributed by atoms with E-state index in [0.29, 0.717) is 26.3 Å². The summed E-state index contributed by atoms with van der Waals surface area (Å²) in [5.41, 5.74) is 0.162. The maximum absolute atomic E-state index is 11.9. The number of carbonyl (C=O) groups is 1. The van der Waals surface area contributed by atoms with Gasteiger partial charge in [-0.1, -0.05) is 6.92 Å². The molecule has 1 amide bonds. The van der Waals surface area contributed by atoms with E-state index in [0.717, 1.165) is 13.0 Å². The smallest absolute Gasteiger partial charge is 0.266 e. The average Bonchev–Trinajstić information content (AvgIpc) is 2.35. The largest absolute Gasteiger partial charge is 0.390 e. The zero-order valence-electron chi connectivity index (χ0n) is 9.53. The fraction of sp³-hybridized carbons (Fsp3) is 0.636. The molecule has 1 N–H and O–H groups in total. The van der Waals surface area contributed by atoms with Crippen LogP contribution < -0.4 is 5.32 Å². The predicted octanol–water partition coefficient (Wildman–Crippen LogP) is 0.252. The number of nitriles is 1. The van der Waals surface area contributed by atoms with Gasteiger partial charge in [-0.15, -0.1) is 0 Å². The molecule has 0 spiro atoms. The van der Waals surface area contributed by atoms with Gasteiger partial charge in [0.1, 0.15) is 11.6 Å². The lowest BCUT2D eigenvalue weighted by Crippen LogP contribution is -2.41. The van der Waals surface area contributed by atoms with Gasteiger partial charge < -0.3 is 15.0 Å². The van der Waals surface area contributed by atoms with Crippen molar-refractivity contribution in [3.8, 4) is 6.07 Å². The first-order chi connectivity index (χ1) is 7.79. The molecule has 0 aromatic heterocycles. The molecule has 0 aliphatic carbocycles. The number of rotatable bonds is 4. The van der Waals surface area contributed by atoms with Crippen LogP contribution >= 0.6 is 0 Å². The molecule has 88 valence electrons. The van der Waals surface area contributed by atoms with Gasteiger partial charge in [-0.3, -0.25) is 4.79 Å². The van der Waals surface area contributed by atoms with Crippen LogP contribution in [0.25, 0.3) is 0 Å². The minimum atomic E-state index is -0.214. The summed E-state index contributed by atoms with van der Waals surface area (Å²) in [6.45, 7) is 5.01. The number of hydrogen-bond acceptors (Lipinski definition) is 4. The number of nitrogens with zero attached hydrogens (tertiary/aromatic N) is 2. The summed E-state index contributed by atoms with van der Waals surface area (Å²) in [4.78, 5) is 13.5. The molecule has 0 aromatic carbocycles. The fourth-order valence-corrected chi connectivity index (χ4v) is 1.40. The first kappa shape index (κ1) is 12.5. The second-order valence-corrected chi connectivity index (χ2v) is 3.53. The minimum Gasteiger partial charge on any atom is -0.390 e. The van der Waals surface area contributed by atoms with Crippen LogP contribution in [0, 0.1) is 11.3 Å². The second kappa shape index (κ2) is 6.85. The summed E-state index contributed by atoms with van der Waals surface area (Å²) in [7, 11) is 0. The SMILES string of the molecule is CCCN/C=C(/C#N)C(=O)N1CCOCC1. The van der Waals surface area contributed by atoms with Gasteiger partial charge in [-0.2, -0.15) is 5.26 Å². The summed E-state index contributed by atoms with van der Waals surface area (Å²) in [6, 6.07) is 1.92. The highest BCUT2D eigenvalue weighted by Crippen LogP contribution is 2.03. The Bertz CT molecular complexity index is 301. The van der Waals surface area contributed by atoms with Crippen LogP contribution in [-0.4, -0.2) is 43.7 Å². The van der Waals surface area contributed by atoms with Crippen molar-refractivity contribution in [2.24, 2.45) is 0 Å². The molecule has 1 aliphatic rings. The molecule has 5 nitrogen and oxygen atoms in total. The highest BCUT2D eigenvalue weighted by molar-refractivity contribution is 5.97. The van der Waals surface area contributed by atoms with E-state index in [-0.39, 0.29) is 11.5 Å². The zero-order valence-corrected chi connectivity index (χ0v) is 9.53. The lowest BCUT2D eigenvalue weighted by Gasteiger charge is -2.26. The molecule has 0 saturated carbocycles. The Hall–Kier alpha value is -1.54. The normalized spacial score (nSPS) is 16.8. The van der Waals surface area contributed by atoms with Crippen molar-refractivity contribution in [1.82, 2.24) is 10.2 Å². The van der Waals surface area contributed by atoms with Gasteiger partial charge >= 0.3 is 0 Å². The van der Waals surface area contributed by atoms with Crippen molar-refractivity contribution >= 4 is 5.91 Å². The Morgan fingerprint density at radius 3 is 2.81 bits per heavy atom. The van der Waals surface area contributed by atoms with Crippen molar-refractivity contribution in [1.29, 1.82) is 5.26 Å². The van der Waals surface area contributed by atoms with Crippen LogP contribution in [0.15, 0.2) is 11.8 Å². The number of hydrogen-bond donors (Lipinski definition) is 1. The Morgan fingerprint density at radius 2 is 2.25 bits per heavy atom. The van der Waals surface area contributed by atoms with Crippen molar-refractivity contribution in [3.63, 3.8) is 0 Å². The third-order valence-corrected chi connectivity index (χ3v) is 2.29. The number of ether oxygens (including phenoxy) is 1. The zero-order chi connectivity index (χ0) is 11.8. The minimum absolute atomic E-state index is 0.162. The molecule has 1 aliphatic heterocycles. The summed E-state index contributed by atoms with van der Waals surface area (Å²) < 4.78 is 5.15. The van der Waals surface area contributed by atoms with Crippen molar-refractivity contribution in [3.05, 3.63) is 11.8 Å². The number of morpholine rings is 1. The van der Waals surface area contributed by atoms with E-state index in [1.165, 1.54) is 6.20 Å². The van der Waals surface area contributed by atoms with E-state index in [2.05, 4.69) is 5.32 Å². The third-order valence-electron chi connectivity index (χ3n) is 2.29. The third kappa shape index (κ3) is 3.55. The van der Waals surface area contributed by atoms with Crippen molar-refractivity contribution in [2.45, 2.75) is 13.3 Å². The Labute approximate surface area is 95.7 Å². The van der Waals surface area contributed by atoms with Gasteiger partial charge in [-0.05, 0) is 6.42 Å². The van der Waals surface area contributed by atoms with Crippen LogP contribution in [0.1, 0.15) is 13.3 Å². The molecule has 0 unspecified atom stereocenters. The van der Waals surface area contributed by atoms with E-state index < -0.39 is 0 Å². The molecule has 1 heterocycles. The fourth-order valence-electron chi connectivity index (χ4n) is 1.40. The molecule has 0 radical (unpaired) electrons. The van der Waals surface area contributed by atoms with E-state index in [1.54, 1.807) is 4.90 Å². The summed E-state index contributed by atoms with van der Waals surface area (Å²) in [5, 5.41) is 11.8. The standard InChI is InChI=1S/C11H17N3O2/c1-2-3-13-9-10(8-12)11(15)14-4-6-16-7-5-14/h9,13H,2-7H2,1H3/b10-9-. The molecule has 5 heteroatoms. The summed E-state index contributed by atoms with van der Waals surface area (Å²) in [6.07, 6.45) is 2.46. The molecule has 0 atom stereocenters. The lowest BCUT2D eigenvalue weighted by molar-refractivity contribution is -0.130. The first-order valence-corrected chi connectivity index (χ1v) is 5.50. The summed E-state index contributed by atoms with van der Waals surface area (Å²) >= 11 is 0. The van der Waals surface area contributed by atoms with E-state index >= 15 is 0 Å². The second-order valence-electron chi connectivity index (χ2n) is 3.53. The molecule has 0 bridgehead atoms. The number of amides is 1. The van der Waals surface area contributed by atoms with E-state index in [1.807, 2.05) is 13.0 Å². The lowest BCUT2D eigenvalue weighted by atomic mass is 10.2.